The molecule has 5 heteroatoms. The van der Waals surface area contributed by atoms with E-state index < -0.39 is 0 Å². The second kappa shape index (κ2) is 6.90. The van der Waals surface area contributed by atoms with Crippen LogP contribution >= 0.6 is 11.8 Å². The van der Waals surface area contributed by atoms with E-state index in [2.05, 4.69) is 0 Å². The molecule has 20 heavy (non-hydrogen) atoms. The summed E-state index contributed by atoms with van der Waals surface area (Å²) in [6.45, 7) is 2.36. The molecule has 0 radical (unpaired) electrons. The molecule has 2 rings (SSSR count). The number of hydrogen-bond acceptors (Lipinski definition) is 4. The minimum Gasteiger partial charge on any atom is -0.396 e. The standard InChI is InChI=1S/C15H19NO3S/c1-11(18)20-10-13-8-15(19)16(9-13)14-4-2-12(3-5-14)6-7-17/h2-5,13,17H,6-10H2,1H3. The molecule has 1 aliphatic heterocycles. The molecule has 0 spiro atoms. The first kappa shape index (κ1) is 15.1. The van der Waals surface area contributed by atoms with Gasteiger partial charge in [0.15, 0.2) is 5.12 Å². The van der Waals surface area contributed by atoms with E-state index in [0.717, 1.165) is 11.3 Å². The van der Waals surface area contributed by atoms with Crippen molar-refractivity contribution in [1.82, 2.24) is 0 Å². The number of amides is 1. The van der Waals surface area contributed by atoms with Crippen molar-refractivity contribution >= 4 is 28.5 Å². The number of aliphatic hydroxyl groups excluding tert-OH is 1. The Hall–Kier alpha value is -1.33. The fourth-order valence-corrected chi connectivity index (χ4v) is 3.04. The summed E-state index contributed by atoms with van der Waals surface area (Å²) in [6.07, 6.45) is 1.14. The van der Waals surface area contributed by atoms with Crippen molar-refractivity contribution in [2.75, 3.05) is 23.8 Å². The molecule has 0 bridgehead atoms. The first-order valence-electron chi connectivity index (χ1n) is 6.73. The third kappa shape index (κ3) is 3.84. The lowest BCUT2D eigenvalue weighted by atomic mass is 10.1. The predicted octanol–water partition coefficient (Wildman–Crippen LogP) is 1.85. The van der Waals surface area contributed by atoms with Crippen molar-refractivity contribution in [3.05, 3.63) is 29.8 Å². The average molecular weight is 293 g/mol. The van der Waals surface area contributed by atoms with Gasteiger partial charge in [0.25, 0.3) is 0 Å². The van der Waals surface area contributed by atoms with Gasteiger partial charge in [0.1, 0.15) is 0 Å². The highest BCUT2D eigenvalue weighted by Gasteiger charge is 2.30. The van der Waals surface area contributed by atoms with Crippen LogP contribution in [-0.4, -0.2) is 35.0 Å². The van der Waals surface area contributed by atoms with Gasteiger partial charge in [-0.3, -0.25) is 9.59 Å². The molecule has 108 valence electrons. The lowest BCUT2D eigenvalue weighted by Crippen LogP contribution is -2.24. The van der Waals surface area contributed by atoms with Crippen molar-refractivity contribution in [2.24, 2.45) is 5.92 Å². The second-order valence-corrected chi connectivity index (χ2v) is 6.21. The molecule has 0 aromatic heterocycles. The van der Waals surface area contributed by atoms with Crippen molar-refractivity contribution in [3.63, 3.8) is 0 Å². The maximum atomic E-state index is 12.0. The summed E-state index contributed by atoms with van der Waals surface area (Å²) in [5.74, 6) is 1.07. The highest BCUT2D eigenvalue weighted by atomic mass is 32.2. The van der Waals surface area contributed by atoms with Gasteiger partial charge in [0, 0.05) is 37.9 Å². The largest absolute Gasteiger partial charge is 0.396 e. The molecule has 1 aliphatic rings. The van der Waals surface area contributed by atoms with Crippen LogP contribution in [0.3, 0.4) is 0 Å². The second-order valence-electron chi connectivity index (χ2n) is 5.02. The van der Waals surface area contributed by atoms with E-state index in [1.54, 1.807) is 11.8 Å². The van der Waals surface area contributed by atoms with E-state index in [1.165, 1.54) is 11.8 Å². The van der Waals surface area contributed by atoms with Crippen LogP contribution in [0.1, 0.15) is 18.9 Å². The summed E-state index contributed by atoms with van der Waals surface area (Å²) in [4.78, 5) is 24.8. The molecule has 1 unspecified atom stereocenters. The molecule has 1 N–H and O–H groups in total. The van der Waals surface area contributed by atoms with Crippen LogP contribution in [0.4, 0.5) is 5.69 Å². The summed E-state index contributed by atoms with van der Waals surface area (Å²) in [5.41, 5.74) is 1.96. The number of hydrogen-bond donors (Lipinski definition) is 1. The van der Waals surface area contributed by atoms with E-state index >= 15 is 0 Å². The molecule has 1 fully saturated rings. The lowest BCUT2D eigenvalue weighted by molar-refractivity contribution is -0.117. The number of carbonyl (C=O) groups excluding carboxylic acids is 2. The Bertz CT molecular complexity index is 486. The molecule has 1 heterocycles. The Kier molecular flexibility index (Phi) is 5.20. The fourth-order valence-electron chi connectivity index (χ4n) is 2.35. The van der Waals surface area contributed by atoms with Crippen molar-refractivity contribution in [3.8, 4) is 0 Å². The van der Waals surface area contributed by atoms with Gasteiger partial charge < -0.3 is 10.0 Å². The first-order valence-corrected chi connectivity index (χ1v) is 7.72. The molecule has 1 aromatic rings. The molecule has 0 saturated carbocycles. The van der Waals surface area contributed by atoms with Gasteiger partial charge in [0.2, 0.25) is 5.91 Å². The quantitative estimate of drug-likeness (QED) is 0.900. The highest BCUT2D eigenvalue weighted by Crippen LogP contribution is 2.27. The summed E-state index contributed by atoms with van der Waals surface area (Å²) >= 11 is 1.29. The van der Waals surface area contributed by atoms with E-state index in [1.807, 2.05) is 24.3 Å². The third-order valence-electron chi connectivity index (χ3n) is 3.38. The minimum absolute atomic E-state index is 0.101. The van der Waals surface area contributed by atoms with Crippen LogP contribution in [0.5, 0.6) is 0 Å². The lowest BCUT2D eigenvalue weighted by Gasteiger charge is -2.17. The fraction of sp³-hybridized carbons (Fsp3) is 0.467. The number of anilines is 1. The van der Waals surface area contributed by atoms with E-state index in [0.29, 0.717) is 25.1 Å². The molecule has 1 atom stereocenters. The number of thioether (sulfide) groups is 1. The normalized spacial score (nSPS) is 18.6. The average Bonchev–Trinajstić information content (AvgIpc) is 2.79. The van der Waals surface area contributed by atoms with E-state index in [9.17, 15) is 9.59 Å². The van der Waals surface area contributed by atoms with E-state index in [-0.39, 0.29) is 23.5 Å². The first-order chi connectivity index (χ1) is 9.60. The Balaban J connectivity index is 1.98. The summed E-state index contributed by atoms with van der Waals surface area (Å²) < 4.78 is 0. The zero-order chi connectivity index (χ0) is 14.5. The van der Waals surface area contributed by atoms with Crippen molar-refractivity contribution < 1.29 is 14.7 Å². The molecule has 0 aliphatic carbocycles. The maximum Gasteiger partial charge on any atom is 0.227 e. The zero-order valence-corrected chi connectivity index (χ0v) is 12.4. The predicted molar refractivity (Wildman–Crippen MR) is 80.8 cm³/mol. The van der Waals surface area contributed by atoms with Crippen LogP contribution in [-0.2, 0) is 16.0 Å². The van der Waals surface area contributed by atoms with Crippen LogP contribution in [0.2, 0.25) is 0 Å². The van der Waals surface area contributed by atoms with E-state index in [4.69, 9.17) is 5.11 Å². The number of carbonyl (C=O) groups is 2. The van der Waals surface area contributed by atoms with Gasteiger partial charge in [-0.25, -0.2) is 0 Å². The molecular weight excluding hydrogens is 274 g/mol. The van der Waals surface area contributed by atoms with Crippen LogP contribution in [0.15, 0.2) is 24.3 Å². The Morgan fingerprint density at radius 2 is 2.10 bits per heavy atom. The van der Waals surface area contributed by atoms with Gasteiger partial charge in [-0.05, 0) is 30.0 Å². The summed E-state index contributed by atoms with van der Waals surface area (Å²) in [7, 11) is 0. The Morgan fingerprint density at radius 1 is 1.40 bits per heavy atom. The molecule has 1 aromatic carbocycles. The van der Waals surface area contributed by atoms with Crippen LogP contribution in [0, 0.1) is 5.92 Å². The molecule has 1 saturated heterocycles. The number of benzene rings is 1. The number of nitrogens with zero attached hydrogens (tertiary/aromatic N) is 1. The minimum atomic E-state index is 0.101. The third-order valence-corrected chi connectivity index (χ3v) is 4.42. The SMILES string of the molecule is CC(=O)SCC1CC(=O)N(c2ccc(CCO)cc2)C1. The van der Waals surface area contributed by atoms with Gasteiger partial charge >= 0.3 is 0 Å². The van der Waals surface area contributed by atoms with Crippen LogP contribution in [0.25, 0.3) is 0 Å². The highest BCUT2D eigenvalue weighted by molar-refractivity contribution is 8.13. The molecule has 4 nitrogen and oxygen atoms in total. The smallest absolute Gasteiger partial charge is 0.227 e. The Labute approximate surface area is 123 Å². The number of aliphatic hydroxyl groups is 1. The summed E-state index contributed by atoms with van der Waals surface area (Å²) in [5, 5.41) is 8.99. The Morgan fingerprint density at radius 3 is 2.70 bits per heavy atom. The van der Waals surface area contributed by atoms with Crippen molar-refractivity contribution in [2.45, 2.75) is 19.8 Å². The molecular formula is C15H19NO3S. The van der Waals surface area contributed by atoms with Crippen LogP contribution < -0.4 is 4.90 Å². The topological polar surface area (TPSA) is 57.6 Å². The van der Waals surface area contributed by atoms with Gasteiger partial charge in [-0.15, -0.1) is 0 Å². The van der Waals surface area contributed by atoms with Gasteiger partial charge in [-0.1, -0.05) is 23.9 Å². The zero-order valence-electron chi connectivity index (χ0n) is 11.5. The van der Waals surface area contributed by atoms with Crippen molar-refractivity contribution in [1.29, 1.82) is 0 Å². The van der Waals surface area contributed by atoms with Gasteiger partial charge in [-0.2, -0.15) is 0 Å². The number of rotatable bonds is 5. The summed E-state index contributed by atoms with van der Waals surface area (Å²) in [6, 6.07) is 7.72. The monoisotopic (exact) mass is 293 g/mol. The maximum absolute atomic E-state index is 12.0. The van der Waals surface area contributed by atoms with Gasteiger partial charge in [0.05, 0.1) is 0 Å². The molecule has 1 amide bonds.